The number of fused-ring (bicyclic) bond motifs is 1. The molecule has 0 aliphatic carbocycles. The van der Waals surface area contributed by atoms with Crippen molar-refractivity contribution in [3.05, 3.63) is 66.3 Å². The van der Waals surface area contributed by atoms with E-state index < -0.39 is 0 Å². The zero-order valence-corrected chi connectivity index (χ0v) is 11.5. The molecule has 0 radical (unpaired) electrons. The van der Waals surface area contributed by atoms with Gasteiger partial charge in [-0.2, -0.15) is 0 Å². The van der Waals surface area contributed by atoms with E-state index in [1.165, 1.54) is 6.08 Å². The number of pyridine rings is 1. The van der Waals surface area contributed by atoms with E-state index in [2.05, 4.69) is 10.3 Å². The van der Waals surface area contributed by atoms with Crippen molar-refractivity contribution in [3.8, 4) is 0 Å². The second-order valence-electron chi connectivity index (χ2n) is 4.66. The highest BCUT2D eigenvalue weighted by atomic mass is 16.3. The lowest BCUT2D eigenvalue weighted by atomic mass is 10.1. The topological polar surface area (TPSA) is 55.1 Å². The standard InChI is InChI=1S/C17H14N2O2/c1-12-7-9-14-15(18-12)5-2-6-16(14)19-17(20)10-8-13-4-3-11-21-13/h2-11H,1H3,(H,19,20)/b10-8+. The second kappa shape index (κ2) is 5.63. The van der Waals surface area contributed by atoms with E-state index in [0.29, 0.717) is 5.76 Å². The van der Waals surface area contributed by atoms with Crippen LogP contribution in [0.2, 0.25) is 0 Å². The van der Waals surface area contributed by atoms with Gasteiger partial charge in [-0.25, -0.2) is 0 Å². The van der Waals surface area contributed by atoms with Gasteiger partial charge < -0.3 is 9.73 Å². The molecule has 0 bridgehead atoms. The fourth-order valence-electron chi connectivity index (χ4n) is 2.08. The average Bonchev–Trinajstić information content (AvgIpc) is 2.98. The summed E-state index contributed by atoms with van der Waals surface area (Å²) in [6, 6.07) is 13.1. The van der Waals surface area contributed by atoms with Crippen LogP contribution in [0.4, 0.5) is 5.69 Å². The normalized spacial score (nSPS) is 11.1. The van der Waals surface area contributed by atoms with Crippen LogP contribution in [0.3, 0.4) is 0 Å². The first-order valence-corrected chi connectivity index (χ1v) is 6.61. The van der Waals surface area contributed by atoms with Gasteiger partial charge in [-0.1, -0.05) is 6.07 Å². The highest BCUT2D eigenvalue weighted by Crippen LogP contribution is 2.22. The van der Waals surface area contributed by atoms with Crippen LogP contribution in [-0.2, 0) is 4.79 Å². The first kappa shape index (κ1) is 13.1. The van der Waals surface area contributed by atoms with Crippen molar-refractivity contribution >= 4 is 28.6 Å². The Balaban J connectivity index is 1.83. The number of carbonyl (C=O) groups is 1. The van der Waals surface area contributed by atoms with E-state index in [4.69, 9.17) is 4.42 Å². The van der Waals surface area contributed by atoms with Crippen LogP contribution in [-0.4, -0.2) is 10.9 Å². The average molecular weight is 278 g/mol. The Morgan fingerprint density at radius 3 is 2.90 bits per heavy atom. The Morgan fingerprint density at radius 2 is 2.10 bits per heavy atom. The quantitative estimate of drug-likeness (QED) is 0.742. The van der Waals surface area contributed by atoms with Crippen LogP contribution < -0.4 is 5.32 Å². The highest BCUT2D eigenvalue weighted by molar-refractivity contribution is 6.06. The van der Waals surface area contributed by atoms with Gasteiger partial charge >= 0.3 is 0 Å². The molecule has 0 spiro atoms. The summed E-state index contributed by atoms with van der Waals surface area (Å²) in [6.45, 7) is 1.94. The molecule has 2 heterocycles. The maximum atomic E-state index is 12.0. The van der Waals surface area contributed by atoms with Crippen molar-refractivity contribution in [3.63, 3.8) is 0 Å². The van der Waals surface area contributed by atoms with E-state index >= 15 is 0 Å². The summed E-state index contributed by atoms with van der Waals surface area (Å²) in [5, 5.41) is 3.78. The van der Waals surface area contributed by atoms with Gasteiger partial charge in [0.1, 0.15) is 5.76 Å². The molecule has 1 aromatic carbocycles. The maximum Gasteiger partial charge on any atom is 0.248 e. The third-order valence-electron chi connectivity index (χ3n) is 3.07. The monoisotopic (exact) mass is 278 g/mol. The third-order valence-corrected chi connectivity index (χ3v) is 3.07. The zero-order valence-electron chi connectivity index (χ0n) is 11.5. The molecule has 3 rings (SSSR count). The smallest absolute Gasteiger partial charge is 0.248 e. The first-order chi connectivity index (χ1) is 10.2. The molecule has 21 heavy (non-hydrogen) atoms. The number of aromatic nitrogens is 1. The van der Waals surface area contributed by atoms with E-state index in [9.17, 15) is 4.79 Å². The summed E-state index contributed by atoms with van der Waals surface area (Å²) >= 11 is 0. The number of hydrogen-bond acceptors (Lipinski definition) is 3. The van der Waals surface area contributed by atoms with Crippen LogP contribution in [0.1, 0.15) is 11.5 Å². The lowest BCUT2D eigenvalue weighted by Gasteiger charge is -2.07. The Kier molecular flexibility index (Phi) is 3.51. The Labute approximate surface area is 122 Å². The number of nitrogens with zero attached hydrogens (tertiary/aromatic N) is 1. The molecule has 0 aliphatic rings. The summed E-state index contributed by atoms with van der Waals surface area (Å²) in [5.41, 5.74) is 2.56. The summed E-state index contributed by atoms with van der Waals surface area (Å²) in [5.74, 6) is 0.430. The van der Waals surface area contributed by atoms with Crippen molar-refractivity contribution in [2.24, 2.45) is 0 Å². The molecule has 4 heteroatoms. The zero-order chi connectivity index (χ0) is 14.7. The summed E-state index contributed by atoms with van der Waals surface area (Å²) in [6.07, 6.45) is 4.64. The lowest BCUT2D eigenvalue weighted by Crippen LogP contribution is -2.08. The Bertz CT molecular complexity index is 805. The first-order valence-electron chi connectivity index (χ1n) is 6.61. The molecule has 0 saturated heterocycles. The SMILES string of the molecule is Cc1ccc2c(NC(=O)/C=C/c3ccco3)cccc2n1. The van der Waals surface area contributed by atoms with E-state index in [1.54, 1.807) is 24.5 Å². The van der Waals surface area contributed by atoms with Crippen LogP contribution in [0.25, 0.3) is 17.0 Å². The number of furan rings is 1. The minimum absolute atomic E-state index is 0.209. The minimum Gasteiger partial charge on any atom is -0.465 e. The molecule has 0 saturated carbocycles. The van der Waals surface area contributed by atoms with Gasteiger partial charge in [0.2, 0.25) is 5.91 Å². The molecule has 104 valence electrons. The molecule has 0 fully saturated rings. The van der Waals surface area contributed by atoms with Crippen LogP contribution in [0.15, 0.2) is 59.2 Å². The fraction of sp³-hybridized carbons (Fsp3) is 0.0588. The van der Waals surface area contributed by atoms with Gasteiger partial charge in [0.15, 0.2) is 0 Å². The molecule has 2 aromatic heterocycles. The minimum atomic E-state index is -0.209. The molecule has 0 unspecified atom stereocenters. The van der Waals surface area contributed by atoms with Crippen LogP contribution in [0, 0.1) is 6.92 Å². The maximum absolute atomic E-state index is 12.0. The number of aryl methyl sites for hydroxylation is 1. The van der Waals surface area contributed by atoms with Gasteiger partial charge in [0, 0.05) is 17.2 Å². The summed E-state index contributed by atoms with van der Waals surface area (Å²) in [4.78, 5) is 16.4. The molecule has 4 nitrogen and oxygen atoms in total. The van der Waals surface area contributed by atoms with Crippen molar-refractivity contribution in [2.75, 3.05) is 5.32 Å². The molecule has 0 aliphatic heterocycles. The van der Waals surface area contributed by atoms with Gasteiger partial charge in [0.25, 0.3) is 0 Å². The van der Waals surface area contributed by atoms with Crippen molar-refractivity contribution in [1.29, 1.82) is 0 Å². The lowest BCUT2D eigenvalue weighted by molar-refractivity contribution is -0.111. The number of carbonyl (C=O) groups excluding carboxylic acids is 1. The Morgan fingerprint density at radius 1 is 1.19 bits per heavy atom. The predicted molar refractivity (Wildman–Crippen MR) is 82.9 cm³/mol. The second-order valence-corrected chi connectivity index (χ2v) is 4.66. The van der Waals surface area contributed by atoms with Crippen molar-refractivity contribution in [1.82, 2.24) is 4.98 Å². The van der Waals surface area contributed by atoms with Crippen LogP contribution >= 0.6 is 0 Å². The van der Waals surface area contributed by atoms with E-state index in [1.807, 2.05) is 37.3 Å². The van der Waals surface area contributed by atoms with E-state index in [0.717, 1.165) is 22.3 Å². The summed E-state index contributed by atoms with van der Waals surface area (Å²) in [7, 11) is 0. The van der Waals surface area contributed by atoms with Crippen molar-refractivity contribution < 1.29 is 9.21 Å². The van der Waals surface area contributed by atoms with Gasteiger partial charge in [-0.05, 0) is 49.4 Å². The largest absolute Gasteiger partial charge is 0.465 e. The number of hydrogen-bond donors (Lipinski definition) is 1. The number of anilines is 1. The molecule has 1 amide bonds. The molecular weight excluding hydrogens is 264 g/mol. The van der Waals surface area contributed by atoms with Gasteiger partial charge in [-0.15, -0.1) is 0 Å². The van der Waals surface area contributed by atoms with Gasteiger partial charge in [-0.3, -0.25) is 9.78 Å². The molecule has 3 aromatic rings. The Hall–Kier alpha value is -2.88. The van der Waals surface area contributed by atoms with Crippen molar-refractivity contribution in [2.45, 2.75) is 6.92 Å². The number of amides is 1. The van der Waals surface area contributed by atoms with E-state index in [-0.39, 0.29) is 5.91 Å². The number of nitrogens with one attached hydrogen (secondary N) is 1. The van der Waals surface area contributed by atoms with Gasteiger partial charge in [0.05, 0.1) is 17.5 Å². The molecular formula is C17H14N2O2. The molecule has 0 atom stereocenters. The summed E-state index contributed by atoms with van der Waals surface area (Å²) < 4.78 is 5.14. The van der Waals surface area contributed by atoms with Crippen LogP contribution in [0.5, 0.6) is 0 Å². The highest BCUT2D eigenvalue weighted by Gasteiger charge is 2.04. The third kappa shape index (κ3) is 3.00. The predicted octanol–water partition coefficient (Wildman–Crippen LogP) is 3.79. The molecule has 1 N–H and O–H groups in total. The fourth-order valence-corrected chi connectivity index (χ4v) is 2.08. The number of rotatable bonds is 3. The number of benzene rings is 1.